The maximum Gasteiger partial charge on any atom is 0.164 e. The first-order chi connectivity index (χ1) is 15.1. The van der Waals surface area contributed by atoms with Crippen LogP contribution in [0.25, 0.3) is 28.7 Å². The molecule has 0 radical (unpaired) electrons. The average Bonchev–Trinajstić information content (AvgIpc) is 3.41. The lowest BCUT2D eigenvalue weighted by Crippen LogP contribution is -2.11. The van der Waals surface area contributed by atoms with E-state index in [2.05, 4.69) is 31.9 Å². The highest BCUT2D eigenvalue weighted by Crippen LogP contribution is 2.32. The SMILES string of the molecule is COc1cc(/C=C2\CCCn3c2nnc3-c2ccc(F)cc2)ccc1-n1cnc(C)c1. The average molecular weight is 415 g/mol. The molecule has 0 bridgehead atoms. The van der Waals surface area contributed by atoms with Crippen LogP contribution >= 0.6 is 0 Å². The van der Waals surface area contributed by atoms with Crippen molar-refractivity contribution in [2.75, 3.05) is 7.11 Å². The Bertz CT molecular complexity index is 1270. The van der Waals surface area contributed by atoms with E-state index in [1.807, 2.05) is 29.8 Å². The number of methoxy groups -OCH3 is 1. The predicted molar refractivity (Wildman–Crippen MR) is 117 cm³/mol. The molecule has 0 N–H and O–H groups in total. The van der Waals surface area contributed by atoms with Crippen molar-refractivity contribution in [3.8, 4) is 22.8 Å². The molecule has 156 valence electrons. The molecule has 5 rings (SSSR count). The third kappa shape index (κ3) is 3.63. The maximum absolute atomic E-state index is 13.3. The van der Waals surface area contributed by atoms with Crippen LogP contribution in [0.15, 0.2) is 55.0 Å². The third-order valence-electron chi connectivity index (χ3n) is 5.50. The quantitative estimate of drug-likeness (QED) is 0.475. The molecule has 7 heteroatoms. The number of halogens is 1. The summed E-state index contributed by atoms with van der Waals surface area (Å²) < 4.78 is 23.0. The Morgan fingerprint density at radius 2 is 1.87 bits per heavy atom. The molecule has 0 unspecified atom stereocenters. The van der Waals surface area contributed by atoms with Crippen LogP contribution in [-0.4, -0.2) is 31.4 Å². The number of fused-ring (bicyclic) bond motifs is 1. The van der Waals surface area contributed by atoms with Gasteiger partial charge in [0.05, 0.1) is 24.8 Å². The second-order valence-electron chi connectivity index (χ2n) is 7.63. The van der Waals surface area contributed by atoms with Crippen LogP contribution in [0, 0.1) is 12.7 Å². The topological polar surface area (TPSA) is 57.8 Å². The number of hydrogen-bond acceptors (Lipinski definition) is 4. The fourth-order valence-corrected chi connectivity index (χ4v) is 3.99. The van der Waals surface area contributed by atoms with Crippen molar-refractivity contribution < 1.29 is 9.13 Å². The number of imidazole rings is 1. The molecule has 0 saturated heterocycles. The molecule has 0 fully saturated rings. The van der Waals surface area contributed by atoms with Gasteiger partial charge in [-0.2, -0.15) is 0 Å². The van der Waals surface area contributed by atoms with Gasteiger partial charge in [-0.15, -0.1) is 10.2 Å². The Labute approximate surface area is 179 Å². The summed E-state index contributed by atoms with van der Waals surface area (Å²) in [6.45, 7) is 2.80. The molecule has 0 saturated carbocycles. The zero-order chi connectivity index (χ0) is 21.4. The number of benzene rings is 2. The first-order valence-electron chi connectivity index (χ1n) is 10.2. The van der Waals surface area contributed by atoms with Crippen LogP contribution in [0.5, 0.6) is 5.75 Å². The van der Waals surface area contributed by atoms with E-state index >= 15 is 0 Å². The predicted octanol–water partition coefficient (Wildman–Crippen LogP) is 4.92. The van der Waals surface area contributed by atoms with Crippen LogP contribution in [-0.2, 0) is 6.54 Å². The van der Waals surface area contributed by atoms with Crippen molar-refractivity contribution in [1.29, 1.82) is 0 Å². The number of hydrogen-bond donors (Lipinski definition) is 0. The van der Waals surface area contributed by atoms with E-state index < -0.39 is 0 Å². The van der Waals surface area contributed by atoms with E-state index in [1.54, 1.807) is 25.6 Å². The van der Waals surface area contributed by atoms with Crippen LogP contribution in [0.1, 0.15) is 29.9 Å². The molecule has 0 amide bonds. The number of nitrogens with zero attached hydrogens (tertiary/aromatic N) is 5. The molecule has 3 heterocycles. The van der Waals surface area contributed by atoms with Gasteiger partial charge in [-0.05, 0) is 73.4 Å². The van der Waals surface area contributed by atoms with E-state index in [-0.39, 0.29) is 5.82 Å². The standard InChI is InChI=1S/C24H22FN5O/c1-16-14-29(15-26-16)21-10-5-17(13-22(21)31-2)12-19-4-3-11-30-23(27-28-24(19)30)18-6-8-20(25)9-7-18/h5-10,12-15H,3-4,11H2,1-2H3/b19-12+. The molecular formula is C24H22FN5O. The zero-order valence-corrected chi connectivity index (χ0v) is 17.4. The molecule has 1 aliphatic heterocycles. The summed E-state index contributed by atoms with van der Waals surface area (Å²) in [6.07, 6.45) is 7.81. The van der Waals surface area contributed by atoms with Gasteiger partial charge in [-0.25, -0.2) is 9.37 Å². The number of ether oxygens (including phenoxy) is 1. The van der Waals surface area contributed by atoms with Crippen LogP contribution in [0.2, 0.25) is 0 Å². The van der Waals surface area contributed by atoms with Gasteiger partial charge in [0, 0.05) is 18.3 Å². The molecule has 0 atom stereocenters. The van der Waals surface area contributed by atoms with Crippen molar-refractivity contribution in [2.45, 2.75) is 26.3 Å². The molecule has 31 heavy (non-hydrogen) atoms. The summed E-state index contributed by atoms with van der Waals surface area (Å²) in [5.74, 6) is 2.14. The minimum atomic E-state index is -0.258. The fraction of sp³-hybridized carbons (Fsp3) is 0.208. The molecule has 2 aromatic heterocycles. The first kappa shape index (κ1) is 19.2. The van der Waals surface area contributed by atoms with Crippen molar-refractivity contribution in [3.05, 3.63) is 77.9 Å². The van der Waals surface area contributed by atoms with Gasteiger partial charge in [-0.1, -0.05) is 6.07 Å². The first-order valence-corrected chi connectivity index (χ1v) is 10.2. The highest BCUT2D eigenvalue weighted by atomic mass is 19.1. The molecule has 6 nitrogen and oxygen atoms in total. The molecule has 2 aromatic carbocycles. The monoisotopic (exact) mass is 415 g/mol. The van der Waals surface area contributed by atoms with Crippen LogP contribution in [0.4, 0.5) is 4.39 Å². The van der Waals surface area contributed by atoms with Crippen molar-refractivity contribution in [2.24, 2.45) is 0 Å². The van der Waals surface area contributed by atoms with E-state index in [9.17, 15) is 4.39 Å². The van der Waals surface area contributed by atoms with Gasteiger partial charge in [0.25, 0.3) is 0 Å². The number of allylic oxidation sites excluding steroid dienone is 1. The van der Waals surface area contributed by atoms with Crippen LogP contribution < -0.4 is 4.74 Å². The highest BCUT2D eigenvalue weighted by Gasteiger charge is 2.21. The molecule has 0 spiro atoms. The number of aromatic nitrogens is 5. The Morgan fingerprint density at radius 3 is 2.61 bits per heavy atom. The van der Waals surface area contributed by atoms with E-state index in [0.29, 0.717) is 0 Å². The summed E-state index contributed by atoms with van der Waals surface area (Å²) in [4.78, 5) is 4.30. The lowest BCUT2D eigenvalue weighted by Gasteiger charge is -2.18. The van der Waals surface area contributed by atoms with E-state index in [1.165, 1.54) is 12.1 Å². The number of aryl methyl sites for hydroxylation is 1. The summed E-state index contributed by atoms with van der Waals surface area (Å²) >= 11 is 0. The van der Waals surface area contributed by atoms with Gasteiger partial charge in [-0.3, -0.25) is 0 Å². The van der Waals surface area contributed by atoms with Gasteiger partial charge in [0.1, 0.15) is 11.6 Å². The molecular weight excluding hydrogens is 393 g/mol. The Kier molecular flexibility index (Phi) is 4.86. The Morgan fingerprint density at radius 1 is 1.06 bits per heavy atom. The largest absolute Gasteiger partial charge is 0.495 e. The van der Waals surface area contributed by atoms with Gasteiger partial charge in [0.15, 0.2) is 11.6 Å². The Balaban J connectivity index is 1.51. The summed E-state index contributed by atoms with van der Waals surface area (Å²) in [5.41, 5.74) is 4.91. The van der Waals surface area contributed by atoms with Gasteiger partial charge < -0.3 is 13.9 Å². The molecule has 4 aromatic rings. The van der Waals surface area contributed by atoms with E-state index in [4.69, 9.17) is 4.74 Å². The van der Waals surface area contributed by atoms with Gasteiger partial charge >= 0.3 is 0 Å². The highest BCUT2D eigenvalue weighted by molar-refractivity contribution is 5.81. The lowest BCUT2D eigenvalue weighted by molar-refractivity contribution is 0.413. The van der Waals surface area contributed by atoms with Crippen LogP contribution in [0.3, 0.4) is 0 Å². The molecule has 1 aliphatic rings. The van der Waals surface area contributed by atoms with E-state index in [0.717, 1.165) is 64.9 Å². The second kappa shape index (κ2) is 7.83. The smallest absolute Gasteiger partial charge is 0.164 e. The minimum Gasteiger partial charge on any atom is -0.495 e. The summed E-state index contributed by atoms with van der Waals surface area (Å²) in [6, 6.07) is 12.5. The third-order valence-corrected chi connectivity index (χ3v) is 5.50. The minimum absolute atomic E-state index is 0.258. The summed E-state index contributed by atoms with van der Waals surface area (Å²) in [5, 5.41) is 8.85. The van der Waals surface area contributed by atoms with Crippen molar-refractivity contribution in [3.63, 3.8) is 0 Å². The number of rotatable bonds is 4. The summed E-state index contributed by atoms with van der Waals surface area (Å²) in [7, 11) is 1.67. The second-order valence-corrected chi connectivity index (χ2v) is 7.63. The normalized spacial score (nSPS) is 14.6. The van der Waals surface area contributed by atoms with Crippen molar-refractivity contribution >= 4 is 11.6 Å². The Hall–Kier alpha value is -3.74. The maximum atomic E-state index is 13.3. The molecule has 0 aliphatic carbocycles. The van der Waals surface area contributed by atoms with Gasteiger partial charge in [0.2, 0.25) is 0 Å². The van der Waals surface area contributed by atoms with Crippen molar-refractivity contribution in [1.82, 2.24) is 24.3 Å². The zero-order valence-electron chi connectivity index (χ0n) is 17.4. The lowest BCUT2D eigenvalue weighted by atomic mass is 10.0. The fourth-order valence-electron chi connectivity index (χ4n) is 3.99.